The Morgan fingerprint density at radius 2 is 2.26 bits per heavy atom. The summed E-state index contributed by atoms with van der Waals surface area (Å²) in [6, 6.07) is 4.03. The number of nitrogens with zero attached hydrogens (tertiary/aromatic N) is 1. The molecule has 0 amide bonds. The largest absolute Gasteiger partial charge is 0.478 e. The Labute approximate surface area is 109 Å². The number of aryl methyl sites for hydroxylation is 1. The van der Waals surface area contributed by atoms with Gasteiger partial charge in [-0.05, 0) is 24.6 Å². The first-order chi connectivity index (χ1) is 9.06. The van der Waals surface area contributed by atoms with Crippen molar-refractivity contribution >= 4 is 5.97 Å². The smallest absolute Gasteiger partial charge is 0.338 e. The Bertz CT molecular complexity index is 595. The SMILES string of the molecule is Cc1cnc(CNCc2ccc(C(=O)O)c(F)c2)o1. The van der Waals surface area contributed by atoms with Gasteiger partial charge >= 0.3 is 5.97 Å². The Kier molecular flexibility index (Phi) is 3.91. The number of carbonyl (C=O) groups is 1. The summed E-state index contributed by atoms with van der Waals surface area (Å²) in [6.45, 7) is 2.63. The molecule has 2 aromatic rings. The van der Waals surface area contributed by atoms with Gasteiger partial charge in [0.05, 0.1) is 18.3 Å². The second-order valence-corrected chi connectivity index (χ2v) is 4.09. The van der Waals surface area contributed by atoms with Crippen molar-refractivity contribution in [2.45, 2.75) is 20.0 Å². The third kappa shape index (κ3) is 3.38. The molecule has 0 saturated carbocycles. The average molecular weight is 264 g/mol. The Morgan fingerprint density at radius 3 is 2.84 bits per heavy atom. The third-order valence-electron chi connectivity index (χ3n) is 2.54. The predicted molar refractivity (Wildman–Crippen MR) is 65.1 cm³/mol. The number of aromatic nitrogens is 1. The number of rotatable bonds is 5. The average Bonchev–Trinajstić information content (AvgIpc) is 2.75. The molecule has 0 aliphatic heterocycles. The van der Waals surface area contributed by atoms with Crippen molar-refractivity contribution < 1.29 is 18.7 Å². The number of oxazole rings is 1. The summed E-state index contributed by atoms with van der Waals surface area (Å²) in [5, 5.41) is 11.7. The summed E-state index contributed by atoms with van der Waals surface area (Å²) in [5.41, 5.74) is 0.331. The molecular weight excluding hydrogens is 251 g/mol. The summed E-state index contributed by atoms with van der Waals surface area (Å²) in [4.78, 5) is 14.7. The molecule has 100 valence electrons. The van der Waals surface area contributed by atoms with E-state index in [0.717, 1.165) is 5.76 Å². The zero-order chi connectivity index (χ0) is 13.8. The van der Waals surface area contributed by atoms with E-state index in [-0.39, 0.29) is 5.56 Å². The van der Waals surface area contributed by atoms with E-state index in [1.54, 1.807) is 19.2 Å². The molecule has 0 fully saturated rings. The van der Waals surface area contributed by atoms with Gasteiger partial charge in [0, 0.05) is 6.54 Å². The highest BCUT2D eigenvalue weighted by molar-refractivity contribution is 5.87. The molecule has 1 aromatic carbocycles. The number of hydrogen-bond acceptors (Lipinski definition) is 4. The molecular formula is C13H13FN2O3. The molecule has 5 nitrogen and oxygen atoms in total. The van der Waals surface area contributed by atoms with E-state index in [1.807, 2.05) is 0 Å². The van der Waals surface area contributed by atoms with Crippen molar-refractivity contribution in [1.82, 2.24) is 10.3 Å². The number of hydrogen-bond donors (Lipinski definition) is 2. The van der Waals surface area contributed by atoms with Gasteiger partial charge in [-0.2, -0.15) is 0 Å². The first kappa shape index (κ1) is 13.2. The highest BCUT2D eigenvalue weighted by atomic mass is 19.1. The number of aromatic carboxylic acids is 1. The molecule has 1 heterocycles. The van der Waals surface area contributed by atoms with E-state index < -0.39 is 11.8 Å². The first-order valence-corrected chi connectivity index (χ1v) is 5.70. The molecule has 0 aliphatic carbocycles. The van der Waals surface area contributed by atoms with Crippen LogP contribution in [0.15, 0.2) is 28.8 Å². The lowest BCUT2D eigenvalue weighted by molar-refractivity contribution is 0.0692. The maximum atomic E-state index is 13.4. The summed E-state index contributed by atoms with van der Waals surface area (Å²) in [7, 11) is 0. The van der Waals surface area contributed by atoms with Crippen LogP contribution in [0.1, 0.15) is 27.6 Å². The van der Waals surface area contributed by atoms with Crippen LogP contribution in [0, 0.1) is 12.7 Å². The molecule has 2 N–H and O–H groups in total. The van der Waals surface area contributed by atoms with Crippen molar-refractivity contribution in [2.24, 2.45) is 0 Å². The van der Waals surface area contributed by atoms with E-state index in [2.05, 4.69) is 10.3 Å². The van der Waals surface area contributed by atoms with Gasteiger partial charge in [-0.25, -0.2) is 14.2 Å². The fourth-order valence-corrected chi connectivity index (χ4v) is 1.64. The minimum atomic E-state index is -1.27. The van der Waals surface area contributed by atoms with E-state index >= 15 is 0 Å². The number of carboxylic acids is 1. The lowest BCUT2D eigenvalue weighted by Crippen LogP contribution is -2.13. The highest BCUT2D eigenvalue weighted by Gasteiger charge is 2.10. The first-order valence-electron chi connectivity index (χ1n) is 5.70. The maximum absolute atomic E-state index is 13.4. The van der Waals surface area contributed by atoms with Crippen LogP contribution < -0.4 is 5.32 Å². The van der Waals surface area contributed by atoms with E-state index in [1.165, 1.54) is 12.1 Å². The topological polar surface area (TPSA) is 75.4 Å². The summed E-state index contributed by atoms with van der Waals surface area (Å²) < 4.78 is 18.7. The van der Waals surface area contributed by atoms with Crippen LogP contribution in [-0.2, 0) is 13.1 Å². The Hall–Kier alpha value is -2.21. The van der Waals surface area contributed by atoms with Crippen LogP contribution in [0.25, 0.3) is 0 Å². The van der Waals surface area contributed by atoms with Crippen LogP contribution in [0.4, 0.5) is 4.39 Å². The number of carboxylic acid groups (broad SMARTS) is 1. The van der Waals surface area contributed by atoms with Gasteiger partial charge in [-0.15, -0.1) is 0 Å². The monoisotopic (exact) mass is 264 g/mol. The molecule has 0 spiro atoms. The minimum absolute atomic E-state index is 0.327. The van der Waals surface area contributed by atoms with Crippen molar-refractivity contribution in [1.29, 1.82) is 0 Å². The molecule has 0 radical (unpaired) electrons. The number of benzene rings is 1. The number of halogens is 1. The van der Waals surface area contributed by atoms with Crippen LogP contribution >= 0.6 is 0 Å². The van der Waals surface area contributed by atoms with Crippen LogP contribution in [0.3, 0.4) is 0 Å². The lowest BCUT2D eigenvalue weighted by Gasteiger charge is -2.04. The van der Waals surface area contributed by atoms with E-state index in [9.17, 15) is 9.18 Å². The zero-order valence-electron chi connectivity index (χ0n) is 10.3. The van der Waals surface area contributed by atoms with Gasteiger partial charge < -0.3 is 14.8 Å². The fourth-order valence-electron chi connectivity index (χ4n) is 1.64. The van der Waals surface area contributed by atoms with Crippen molar-refractivity contribution in [3.05, 3.63) is 53.0 Å². The molecule has 0 bridgehead atoms. The van der Waals surface area contributed by atoms with Crippen molar-refractivity contribution in [3.8, 4) is 0 Å². The molecule has 0 unspecified atom stereocenters. The normalized spacial score (nSPS) is 10.6. The highest BCUT2D eigenvalue weighted by Crippen LogP contribution is 2.10. The van der Waals surface area contributed by atoms with Crippen molar-refractivity contribution in [2.75, 3.05) is 0 Å². The lowest BCUT2D eigenvalue weighted by atomic mass is 10.1. The fraction of sp³-hybridized carbons (Fsp3) is 0.231. The van der Waals surface area contributed by atoms with Gasteiger partial charge in [-0.1, -0.05) is 6.07 Å². The molecule has 19 heavy (non-hydrogen) atoms. The van der Waals surface area contributed by atoms with E-state index in [4.69, 9.17) is 9.52 Å². The van der Waals surface area contributed by atoms with Crippen LogP contribution in [0.5, 0.6) is 0 Å². The maximum Gasteiger partial charge on any atom is 0.338 e. The third-order valence-corrected chi connectivity index (χ3v) is 2.54. The van der Waals surface area contributed by atoms with Gasteiger partial charge in [0.1, 0.15) is 11.6 Å². The van der Waals surface area contributed by atoms with Crippen molar-refractivity contribution in [3.63, 3.8) is 0 Å². The molecule has 0 atom stereocenters. The quantitative estimate of drug-likeness (QED) is 0.865. The molecule has 2 rings (SSSR count). The number of nitrogens with one attached hydrogen (secondary N) is 1. The second-order valence-electron chi connectivity index (χ2n) is 4.09. The van der Waals surface area contributed by atoms with Crippen LogP contribution in [-0.4, -0.2) is 16.1 Å². The van der Waals surface area contributed by atoms with E-state index in [0.29, 0.717) is 24.5 Å². The predicted octanol–water partition coefficient (Wildman–Crippen LogP) is 2.11. The van der Waals surface area contributed by atoms with Gasteiger partial charge in [-0.3, -0.25) is 0 Å². The molecule has 0 saturated heterocycles. The van der Waals surface area contributed by atoms with Gasteiger partial charge in [0.25, 0.3) is 0 Å². The molecule has 0 aliphatic rings. The minimum Gasteiger partial charge on any atom is -0.478 e. The Balaban J connectivity index is 1.93. The molecule has 1 aromatic heterocycles. The zero-order valence-corrected chi connectivity index (χ0v) is 10.3. The molecule has 6 heteroatoms. The standard InChI is InChI=1S/C13H13FN2O3/c1-8-5-16-12(19-8)7-15-6-9-2-3-10(13(17)18)11(14)4-9/h2-5,15H,6-7H2,1H3,(H,17,18). The van der Waals surface area contributed by atoms with Gasteiger partial charge in [0.15, 0.2) is 0 Å². The second kappa shape index (κ2) is 5.62. The summed E-state index contributed by atoms with van der Waals surface area (Å²) in [6.07, 6.45) is 1.62. The Morgan fingerprint density at radius 1 is 1.47 bits per heavy atom. The summed E-state index contributed by atoms with van der Waals surface area (Å²) in [5.74, 6) is -0.722. The van der Waals surface area contributed by atoms with Gasteiger partial charge in [0.2, 0.25) is 5.89 Å². The van der Waals surface area contributed by atoms with Crippen LogP contribution in [0.2, 0.25) is 0 Å². The summed E-state index contributed by atoms with van der Waals surface area (Å²) >= 11 is 0.